The van der Waals surface area contributed by atoms with E-state index in [0.29, 0.717) is 18.1 Å². The van der Waals surface area contributed by atoms with E-state index in [4.69, 9.17) is 0 Å². The molecule has 92 valence electrons. The summed E-state index contributed by atoms with van der Waals surface area (Å²) < 4.78 is 0. The molecule has 0 radical (unpaired) electrons. The van der Waals surface area contributed by atoms with Crippen LogP contribution in [0.1, 0.15) is 16.1 Å². The normalized spacial score (nSPS) is 18.4. The predicted octanol–water partition coefficient (Wildman–Crippen LogP) is 0.768. The molecule has 1 aliphatic rings. The third-order valence-electron chi connectivity index (χ3n) is 2.78. The van der Waals surface area contributed by atoms with E-state index >= 15 is 0 Å². The topological polar surface area (TPSA) is 73.9 Å². The van der Waals surface area contributed by atoms with Crippen LogP contribution in [0.4, 0.5) is 5.82 Å². The number of pyridine rings is 1. The highest BCUT2D eigenvalue weighted by molar-refractivity contribution is 7.81. The molecule has 2 aromatic heterocycles. The fourth-order valence-corrected chi connectivity index (χ4v) is 2.21. The van der Waals surface area contributed by atoms with E-state index in [1.54, 1.807) is 12.4 Å². The molecule has 3 heterocycles. The molecular formula is C11H11N5OS. The molecule has 0 fully saturated rings. The molecule has 0 saturated heterocycles. The van der Waals surface area contributed by atoms with Crippen molar-refractivity contribution >= 4 is 24.4 Å². The number of nitrogens with zero attached hydrogens (tertiary/aromatic N) is 3. The molecule has 1 aliphatic heterocycles. The summed E-state index contributed by atoms with van der Waals surface area (Å²) in [6, 6.07) is 3.84. The fraction of sp³-hybridized carbons (Fsp3) is 0.182. The maximum atomic E-state index is 11.7. The number of hydrogen-bond donors (Lipinski definition) is 3. The number of imidazole rings is 1. The summed E-state index contributed by atoms with van der Waals surface area (Å²) in [5.41, 5.74) is 1.16. The lowest BCUT2D eigenvalue weighted by Gasteiger charge is -2.33. The molecule has 0 aromatic carbocycles. The van der Waals surface area contributed by atoms with Crippen molar-refractivity contribution in [2.45, 2.75) is 12.0 Å². The Morgan fingerprint density at radius 1 is 1.39 bits per heavy atom. The van der Waals surface area contributed by atoms with Gasteiger partial charge in [0.2, 0.25) is 0 Å². The third-order valence-corrected chi connectivity index (χ3v) is 3.18. The average molecular weight is 261 g/mol. The Kier molecular flexibility index (Phi) is 2.67. The molecule has 0 spiro atoms. The largest absolute Gasteiger partial charge is 0.339 e. The minimum Gasteiger partial charge on any atom is -0.339 e. The van der Waals surface area contributed by atoms with Crippen LogP contribution in [0.25, 0.3) is 0 Å². The van der Waals surface area contributed by atoms with E-state index in [0.717, 1.165) is 5.56 Å². The van der Waals surface area contributed by atoms with Crippen molar-refractivity contribution in [2.75, 3.05) is 4.90 Å². The molecule has 1 unspecified atom stereocenters. The van der Waals surface area contributed by atoms with Gasteiger partial charge < -0.3 is 15.2 Å². The lowest BCUT2D eigenvalue weighted by atomic mass is 10.2. The Morgan fingerprint density at radius 2 is 2.17 bits per heavy atom. The molecule has 0 bridgehead atoms. The number of fused-ring (bicyclic) bond motifs is 1. The number of aromatic nitrogens is 3. The van der Waals surface area contributed by atoms with Gasteiger partial charge in [-0.1, -0.05) is 0 Å². The molecule has 6 nitrogen and oxygen atoms in total. The number of H-pyrrole nitrogens is 1. The van der Waals surface area contributed by atoms with Gasteiger partial charge in [0.25, 0.3) is 5.91 Å². The smallest absolute Gasteiger partial charge is 0.273 e. The zero-order chi connectivity index (χ0) is 12.5. The van der Waals surface area contributed by atoms with Gasteiger partial charge >= 0.3 is 0 Å². The molecular weight excluding hydrogens is 250 g/mol. The van der Waals surface area contributed by atoms with Gasteiger partial charge in [0.15, 0.2) is 5.82 Å². The average Bonchev–Trinajstić information content (AvgIpc) is 2.85. The van der Waals surface area contributed by atoms with Gasteiger partial charge in [0.1, 0.15) is 11.2 Å². The van der Waals surface area contributed by atoms with E-state index in [1.807, 2.05) is 17.0 Å². The molecule has 1 amide bonds. The summed E-state index contributed by atoms with van der Waals surface area (Å²) in [7, 11) is 0. The molecule has 2 aromatic rings. The molecule has 0 aliphatic carbocycles. The van der Waals surface area contributed by atoms with E-state index < -0.39 is 0 Å². The van der Waals surface area contributed by atoms with E-state index in [2.05, 4.69) is 32.9 Å². The Hall–Kier alpha value is -2.02. The van der Waals surface area contributed by atoms with Crippen molar-refractivity contribution in [3.8, 4) is 0 Å². The van der Waals surface area contributed by atoms with Crippen LogP contribution in [0.5, 0.6) is 0 Å². The van der Waals surface area contributed by atoms with Gasteiger partial charge in [-0.25, -0.2) is 4.98 Å². The van der Waals surface area contributed by atoms with Crippen LogP contribution >= 0.6 is 12.6 Å². The predicted molar refractivity (Wildman–Crippen MR) is 69.2 cm³/mol. The van der Waals surface area contributed by atoms with Crippen LogP contribution in [0.15, 0.2) is 30.9 Å². The van der Waals surface area contributed by atoms with Crippen LogP contribution in [0, 0.1) is 0 Å². The van der Waals surface area contributed by atoms with Gasteiger partial charge in [-0.2, -0.15) is 0 Å². The second-order valence-corrected chi connectivity index (χ2v) is 4.42. The highest BCUT2D eigenvalue weighted by atomic mass is 32.1. The molecule has 1 atom stereocenters. The van der Waals surface area contributed by atoms with Crippen molar-refractivity contribution in [2.24, 2.45) is 0 Å². The summed E-state index contributed by atoms with van der Waals surface area (Å²) in [6.45, 7) is 0.606. The van der Waals surface area contributed by atoms with Gasteiger partial charge in [0, 0.05) is 18.9 Å². The van der Waals surface area contributed by atoms with Crippen molar-refractivity contribution in [3.63, 3.8) is 0 Å². The standard InChI is InChI=1S/C11H11N5OS/c17-10-8-9(14-6-13-8)16(11(18)15-10)5-7-1-3-12-4-2-7/h1-4,6,11,18H,5H2,(H,13,14)(H,15,17). The van der Waals surface area contributed by atoms with Gasteiger partial charge in [-0.05, 0) is 17.7 Å². The second-order valence-electron chi connectivity index (χ2n) is 3.93. The van der Waals surface area contributed by atoms with Crippen LogP contribution in [-0.2, 0) is 6.54 Å². The fourth-order valence-electron chi connectivity index (χ4n) is 1.90. The van der Waals surface area contributed by atoms with Crippen LogP contribution in [0.2, 0.25) is 0 Å². The number of amides is 1. The van der Waals surface area contributed by atoms with E-state index in [-0.39, 0.29) is 11.4 Å². The first kappa shape index (κ1) is 11.1. The third kappa shape index (κ3) is 1.82. The minimum absolute atomic E-state index is 0.187. The zero-order valence-electron chi connectivity index (χ0n) is 9.37. The summed E-state index contributed by atoms with van der Waals surface area (Å²) in [5, 5.41) is 2.76. The molecule has 7 heteroatoms. The number of carbonyl (C=O) groups is 1. The molecule has 2 N–H and O–H groups in total. The highest BCUT2D eigenvalue weighted by Crippen LogP contribution is 2.25. The van der Waals surface area contributed by atoms with Crippen LogP contribution in [0.3, 0.4) is 0 Å². The molecule has 0 saturated carbocycles. The minimum atomic E-state index is -0.388. The lowest BCUT2D eigenvalue weighted by Crippen LogP contribution is -2.49. The monoisotopic (exact) mass is 261 g/mol. The lowest BCUT2D eigenvalue weighted by molar-refractivity contribution is 0.0937. The van der Waals surface area contributed by atoms with E-state index in [9.17, 15) is 4.79 Å². The summed E-state index contributed by atoms with van der Waals surface area (Å²) in [4.78, 5) is 24.6. The summed E-state index contributed by atoms with van der Waals surface area (Å²) >= 11 is 4.37. The first-order valence-corrected chi connectivity index (χ1v) is 5.95. The Balaban J connectivity index is 1.93. The summed E-state index contributed by atoms with van der Waals surface area (Å²) in [5.74, 6) is 0.434. The number of rotatable bonds is 2. The number of hydrogen-bond acceptors (Lipinski definition) is 5. The van der Waals surface area contributed by atoms with E-state index in [1.165, 1.54) is 6.33 Å². The van der Waals surface area contributed by atoms with Crippen molar-refractivity contribution in [3.05, 3.63) is 42.1 Å². The van der Waals surface area contributed by atoms with Crippen LogP contribution < -0.4 is 10.2 Å². The highest BCUT2D eigenvalue weighted by Gasteiger charge is 2.30. The number of anilines is 1. The number of carbonyl (C=O) groups excluding carboxylic acids is 1. The zero-order valence-corrected chi connectivity index (χ0v) is 10.3. The van der Waals surface area contributed by atoms with Crippen molar-refractivity contribution in [1.82, 2.24) is 20.3 Å². The first-order valence-electron chi connectivity index (χ1n) is 5.43. The van der Waals surface area contributed by atoms with Crippen molar-refractivity contribution in [1.29, 1.82) is 0 Å². The molecule has 3 rings (SSSR count). The molecule has 18 heavy (non-hydrogen) atoms. The second kappa shape index (κ2) is 4.34. The SMILES string of the molecule is O=C1NC(S)N(Cc2ccncc2)c2nc[nH]c21. The quantitative estimate of drug-likeness (QED) is 0.698. The Bertz CT molecular complexity index is 570. The van der Waals surface area contributed by atoms with Crippen LogP contribution in [-0.4, -0.2) is 26.4 Å². The maximum absolute atomic E-state index is 11.7. The number of aromatic amines is 1. The number of nitrogens with one attached hydrogen (secondary N) is 2. The first-order chi connectivity index (χ1) is 8.75. The summed E-state index contributed by atoms with van der Waals surface area (Å²) in [6.07, 6.45) is 4.98. The van der Waals surface area contributed by atoms with Crippen molar-refractivity contribution < 1.29 is 4.79 Å². The Morgan fingerprint density at radius 3 is 2.94 bits per heavy atom. The maximum Gasteiger partial charge on any atom is 0.273 e. The number of thiol groups is 1. The van der Waals surface area contributed by atoms with Gasteiger partial charge in [-0.3, -0.25) is 9.78 Å². The Labute approximate surface area is 109 Å². The van der Waals surface area contributed by atoms with Gasteiger partial charge in [-0.15, -0.1) is 12.6 Å². The van der Waals surface area contributed by atoms with Gasteiger partial charge in [0.05, 0.1) is 6.33 Å².